The fraction of sp³-hybridized carbons (Fsp3) is 0.667. The minimum Gasteiger partial charge on any atom is -0.301 e. The molecule has 2 heteroatoms. The van der Waals surface area contributed by atoms with E-state index in [2.05, 4.69) is 68.8 Å². The maximum atomic E-state index is 2.63. The van der Waals surface area contributed by atoms with Gasteiger partial charge in [-0.05, 0) is 44.4 Å². The molecule has 1 aromatic rings. The maximum absolute atomic E-state index is 2.63. The van der Waals surface area contributed by atoms with Crippen molar-refractivity contribution >= 4 is 0 Å². The van der Waals surface area contributed by atoms with Gasteiger partial charge in [0.15, 0.2) is 0 Å². The first-order valence-corrected chi connectivity index (χ1v) is 8.07. The molecule has 1 aromatic carbocycles. The molecule has 2 nitrogen and oxygen atoms in total. The molecule has 1 fully saturated rings. The van der Waals surface area contributed by atoms with Crippen LogP contribution in [0.25, 0.3) is 0 Å². The second-order valence-electron chi connectivity index (χ2n) is 6.48. The summed E-state index contributed by atoms with van der Waals surface area (Å²) in [6.45, 7) is 12.8. The number of hydrogen-bond acceptors (Lipinski definition) is 2. The first kappa shape index (κ1) is 15.5. The van der Waals surface area contributed by atoms with Crippen molar-refractivity contribution in [3.63, 3.8) is 0 Å². The number of benzene rings is 1. The summed E-state index contributed by atoms with van der Waals surface area (Å²) in [7, 11) is 2.23. The van der Waals surface area contributed by atoms with E-state index in [9.17, 15) is 0 Å². The number of likely N-dealkylation sites (N-methyl/N-ethyl adjacent to an activating group) is 1. The van der Waals surface area contributed by atoms with Crippen LogP contribution in [-0.4, -0.2) is 42.5 Å². The Morgan fingerprint density at radius 3 is 2.55 bits per heavy atom. The highest BCUT2D eigenvalue weighted by Gasteiger charge is 2.25. The van der Waals surface area contributed by atoms with Crippen molar-refractivity contribution in [3.05, 3.63) is 35.4 Å². The fourth-order valence-electron chi connectivity index (χ4n) is 3.00. The van der Waals surface area contributed by atoms with Gasteiger partial charge in [0, 0.05) is 31.7 Å². The van der Waals surface area contributed by atoms with Gasteiger partial charge >= 0.3 is 0 Å². The largest absolute Gasteiger partial charge is 0.301 e. The lowest BCUT2D eigenvalue weighted by Crippen LogP contribution is -2.50. The lowest BCUT2D eigenvalue weighted by Gasteiger charge is -2.41. The van der Waals surface area contributed by atoms with E-state index in [1.807, 2.05) is 0 Å². The van der Waals surface area contributed by atoms with E-state index in [0.717, 1.165) is 0 Å². The van der Waals surface area contributed by atoms with Crippen LogP contribution in [-0.2, 0) is 0 Å². The Hall–Kier alpha value is -0.860. The third-order valence-corrected chi connectivity index (χ3v) is 5.11. The summed E-state index contributed by atoms with van der Waals surface area (Å²) in [6.07, 6.45) is 1.21. The van der Waals surface area contributed by atoms with Gasteiger partial charge in [-0.1, -0.05) is 38.1 Å². The Kier molecular flexibility index (Phi) is 5.22. The van der Waals surface area contributed by atoms with Crippen molar-refractivity contribution in [1.29, 1.82) is 0 Å². The van der Waals surface area contributed by atoms with Crippen LogP contribution in [0, 0.1) is 0 Å². The predicted octanol–water partition coefficient (Wildman–Crippen LogP) is 3.90. The van der Waals surface area contributed by atoms with Gasteiger partial charge in [-0.15, -0.1) is 0 Å². The molecule has 0 spiro atoms. The highest BCUT2D eigenvalue weighted by molar-refractivity contribution is 5.28. The Labute approximate surface area is 124 Å². The lowest BCUT2D eigenvalue weighted by atomic mass is 9.94. The standard InChI is InChI=1S/C18H30N2/c1-6-14(2)17-8-7-9-18(12-17)16(4)20-11-10-19(5)15(3)13-20/h7-9,12,14-16H,6,10-11,13H2,1-5H3. The Bertz CT molecular complexity index is 429. The summed E-state index contributed by atoms with van der Waals surface area (Å²) in [6, 6.07) is 10.4. The molecule has 20 heavy (non-hydrogen) atoms. The third kappa shape index (κ3) is 3.42. The maximum Gasteiger partial charge on any atom is 0.0321 e. The predicted molar refractivity (Wildman–Crippen MR) is 87.2 cm³/mol. The monoisotopic (exact) mass is 274 g/mol. The number of hydrogen-bond donors (Lipinski definition) is 0. The van der Waals surface area contributed by atoms with E-state index in [0.29, 0.717) is 18.0 Å². The number of rotatable bonds is 4. The molecule has 0 saturated carbocycles. The average Bonchev–Trinajstić information content (AvgIpc) is 2.48. The van der Waals surface area contributed by atoms with Crippen molar-refractivity contribution in [3.8, 4) is 0 Å². The zero-order valence-corrected chi connectivity index (χ0v) is 13.8. The van der Waals surface area contributed by atoms with Crippen LogP contribution in [0.5, 0.6) is 0 Å². The van der Waals surface area contributed by atoms with Crippen LogP contribution in [0.1, 0.15) is 57.2 Å². The van der Waals surface area contributed by atoms with Crippen LogP contribution in [0.2, 0.25) is 0 Å². The van der Waals surface area contributed by atoms with Crippen molar-refractivity contribution in [1.82, 2.24) is 9.80 Å². The molecular formula is C18H30N2. The van der Waals surface area contributed by atoms with Gasteiger partial charge in [0.05, 0.1) is 0 Å². The second kappa shape index (κ2) is 6.73. The van der Waals surface area contributed by atoms with Gasteiger partial charge in [0.1, 0.15) is 0 Å². The third-order valence-electron chi connectivity index (χ3n) is 5.11. The highest BCUT2D eigenvalue weighted by atomic mass is 15.3. The molecule has 0 aromatic heterocycles. The van der Waals surface area contributed by atoms with Crippen molar-refractivity contribution in [2.45, 2.75) is 52.1 Å². The quantitative estimate of drug-likeness (QED) is 0.821. The molecule has 112 valence electrons. The molecule has 1 saturated heterocycles. The van der Waals surface area contributed by atoms with Gasteiger partial charge in [-0.25, -0.2) is 0 Å². The first-order chi connectivity index (χ1) is 9.52. The van der Waals surface area contributed by atoms with Crippen molar-refractivity contribution < 1.29 is 0 Å². The van der Waals surface area contributed by atoms with E-state index in [-0.39, 0.29) is 0 Å². The minimum absolute atomic E-state index is 0.523. The first-order valence-electron chi connectivity index (χ1n) is 8.07. The molecule has 0 aliphatic carbocycles. The second-order valence-corrected chi connectivity index (χ2v) is 6.48. The summed E-state index contributed by atoms with van der Waals surface area (Å²) in [5, 5.41) is 0. The number of piperazine rings is 1. The molecule has 3 atom stereocenters. The lowest BCUT2D eigenvalue weighted by molar-refractivity contribution is 0.0774. The van der Waals surface area contributed by atoms with Crippen LogP contribution < -0.4 is 0 Å². The molecule has 1 aliphatic heterocycles. The van der Waals surface area contributed by atoms with Crippen LogP contribution >= 0.6 is 0 Å². The minimum atomic E-state index is 0.523. The molecule has 3 unspecified atom stereocenters. The Morgan fingerprint density at radius 2 is 1.90 bits per heavy atom. The summed E-state index contributed by atoms with van der Waals surface area (Å²) >= 11 is 0. The zero-order chi connectivity index (χ0) is 14.7. The van der Waals surface area contributed by atoms with Gasteiger partial charge in [-0.2, -0.15) is 0 Å². The van der Waals surface area contributed by atoms with Gasteiger partial charge in [0.25, 0.3) is 0 Å². The molecule has 0 N–H and O–H groups in total. The SMILES string of the molecule is CCC(C)c1cccc(C(C)N2CCN(C)C(C)C2)c1. The summed E-state index contributed by atoms with van der Waals surface area (Å²) < 4.78 is 0. The molecule has 0 bridgehead atoms. The van der Waals surface area contributed by atoms with Crippen molar-refractivity contribution in [2.75, 3.05) is 26.7 Å². The topological polar surface area (TPSA) is 6.48 Å². The van der Waals surface area contributed by atoms with Crippen LogP contribution in [0.15, 0.2) is 24.3 Å². The van der Waals surface area contributed by atoms with Crippen LogP contribution in [0.3, 0.4) is 0 Å². The van der Waals surface area contributed by atoms with Crippen LogP contribution in [0.4, 0.5) is 0 Å². The van der Waals surface area contributed by atoms with E-state index < -0.39 is 0 Å². The molecular weight excluding hydrogens is 244 g/mol. The summed E-state index contributed by atoms with van der Waals surface area (Å²) in [4.78, 5) is 5.08. The van der Waals surface area contributed by atoms with Gasteiger partial charge in [0.2, 0.25) is 0 Å². The Morgan fingerprint density at radius 1 is 1.20 bits per heavy atom. The molecule has 0 amide bonds. The van der Waals surface area contributed by atoms with Crippen molar-refractivity contribution in [2.24, 2.45) is 0 Å². The van der Waals surface area contributed by atoms with E-state index >= 15 is 0 Å². The summed E-state index contributed by atoms with van der Waals surface area (Å²) in [5.41, 5.74) is 2.96. The van der Waals surface area contributed by atoms with Gasteiger partial charge < -0.3 is 4.90 Å². The Balaban J connectivity index is 2.11. The molecule has 0 radical (unpaired) electrons. The van der Waals surface area contributed by atoms with E-state index in [4.69, 9.17) is 0 Å². The normalized spacial score (nSPS) is 24.6. The summed E-state index contributed by atoms with van der Waals surface area (Å²) in [5.74, 6) is 0.661. The highest BCUT2D eigenvalue weighted by Crippen LogP contribution is 2.27. The fourth-order valence-corrected chi connectivity index (χ4v) is 3.00. The molecule has 2 rings (SSSR count). The number of nitrogens with zero attached hydrogens (tertiary/aromatic N) is 2. The zero-order valence-electron chi connectivity index (χ0n) is 13.8. The molecule has 1 heterocycles. The molecule has 1 aliphatic rings. The average molecular weight is 274 g/mol. The van der Waals surface area contributed by atoms with Gasteiger partial charge in [-0.3, -0.25) is 4.90 Å². The van der Waals surface area contributed by atoms with E-state index in [1.54, 1.807) is 0 Å². The van der Waals surface area contributed by atoms with E-state index in [1.165, 1.54) is 37.2 Å². The smallest absolute Gasteiger partial charge is 0.0321 e.